The molecule has 0 spiro atoms. The SMILES string of the molecule is CCCNC(CCc1cc(C)ccc1C)C(C)(C)C. The van der Waals surface area contributed by atoms with Crippen molar-refractivity contribution in [2.24, 2.45) is 5.41 Å². The highest BCUT2D eigenvalue weighted by atomic mass is 14.9. The second-order valence-corrected chi connectivity index (χ2v) is 6.84. The molecule has 0 fully saturated rings. The number of aryl methyl sites for hydroxylation is 3. The van der Waals surface area contributed by atoms with Gasteiger partial charge in [0.25, 0.3) is 0 Å². The van der Waals surface area contributed by atoms with E-state index in [1.54, 1.807) is 0 Å². The first kappa shape index (κ1) is 16.2. The summed E-state index contributed by atoms with van der Waals surface area (Å²) in [5.41, 5.74) is 4.63. The normalized spacial score (nSPS) is 13.6. The van der Waals surface area contributed by atoms with E-state index in [0.717, 1.165) is 6.54 Å². The Bertz CT molecular complexity index is 387. The summed E-state index contributed by atoms with van der Waals surface area (Å²) in [5.74, 6) is 0. The highest BCUT2D eigenvalue weighted by molar-refractivity contribution is 5.30. The Morgan fingerprint density at radius 3 is 2.42 bits per heavy atom. The van der Waals surface area contributed by atoms with E-state index in [0.29, 0.717) is 11.5 Å². The van der Waals surface area contributed by atoms with Gasteiger partial charge in [-0.25, -0.2) is 0 Å². The van der Waals surface area contributed by atoms with E-state index in [-0.39, 0.29) is 0 Å². The van der Waals surface area contributed by atoms with Crippen LogP contribution in [-0.4, -0.2) is 12.6 Å². The molecule has 0 saturated heterocycles. The quantitative estimate of drug-likeness (QED) is 0.786. The van der Waals surface area contributed by atoms with Crippen LogP contribution in [0.4, 0.5) is 0 Å². The molecule has 0 heterocycles. The van der Waals surface area contributed by atoms with Gasteiger partial charge in [0.15, 0.2) is 0 Å². The van der Waals surface area contributed by atoms with Crippen molar-refractivity contribution in [2.45, 2.75) is 66.8 Å². The van der Waals surface area contributed by atoms with Crippen LogP contribution in [0.1, 0.15) is 57.2 Å². The van der Waals surface area contributed by atoms with Crippen LogP contribution in [0.25, 0.3) is 0 Å². The summed E-state index contributed by atoms with van der Waals surface area (Å²) >= 11 is 0. The lowest BCUT2D eigenvalue weighted by atomic mass is 9.83. The zero-order valence-corrected chi connectivity index (χ0v) is 13.6. The highest BCUT2D eigenvalue weighted by Gasteiger charge is 2.23. The maximum atomic E-state index is 3.71. The molecule has 0 bridgehead atoms. The third-order valence-electron chi connectivity index (χ3n) is 3.89. The van der Waals surface area contributed by atoms with Gasteiger partial charge in [-0.2, -0.15) is 0 Å². The number of benzene rings is 1. The summed E-state index contributed by atoms with van der Waals surface area (Å²) in [6, 6.07) is 7.38. The van der Waals surface area contributed by atoms with Gasteiger partial charge in [-0.05, 0) is 56.2 Å². The Kier molecular flexibility index (Phi) is 6.06. The smallest absolute Gasteiger partial charge is 0.0119 e. The molecule has 1 atom stereocenters. The fraction of sp³-hybridized carbons (Fsp3) is 0.667. The Hall–Kier alpha value is -0.820. The maximum Gasteiger partial charge on any atom is 0.0119 e. The van der Waals surface area contributed by atoms with Crippen molar-refractivity contribution in [3.05, 3.63) is 34.9 Å². The van der Waals surface area contributed by atoms with Crippen molar-refractivity contribution in [1.82, 2.24) is 5.32 Å². The molecule has 1 nitrogen and oxygen atoms in total. The van der Waals surface area contributed by atoms with Crippen LogP contribution in [0.2, 0.25) is 0 Å². The average molecular weight is 261 g/mol. The van der Waals surface area contributed by atoms with E-state index in [1.807, 2.05) is 0 Å². The summed E-state index contributed by atoms with van der Waals surface area (Å²) < 4.78 is 0. The van der Waals surface area contributed by atoms with E-state index >= 15 is 0 Å². The number of rotatable bonds is 6. The average Bonchev–Trinajstić information content (AvgIpc) is 2.31. The molecule has 0 aromatic heterocycles. The van der Waals surface area contributed by atoms with Crippen LogP contribution < -0.4 is 5.32 Å². The molecule has 1 unspecified atom stereocenters. The molecule has 1 aromatic rings. The van der Waals surface area contributed by atoms with E-state index in [2.05, 4.69) is 65.1 Å². The Balaban J connectivity index is 2.67. The van der Waals surface area contributed by atoms with E-state index in [9.17, 15) is 0 Å². The van der Waals surface area contributed by atoms with Gasteiger partial charge in [0.05, 0.1) is 0 Å². The van der Waals surface area contributed by atoms with Gasteiger partial charge in [0.1, 0.15) is 0 Å². The molecular formula is C18H31N. The molecule has 19 heavy (non-hydrogen) atoms. The van der Waals surface area contributed by atoms with Crippen molar-refractivity contribution in [3.63, 3.8) is 0 Å². The Labute approximate surface area is 119 Å². The lowest BCUT2D eigenvalue weighted by molar-refractivity contribution is 0.255. The van der Waals surface area contributed by atoms with Gasteiger partial charge in [-0.3, -0.25) is 0 Å². The van der Waals surface area contributed by atoms with Gasteiger partial charge in [-0.15, -0.1) is 0 Å². The molecule has 108 valence electrons. The Morgan fingerprint density at radius 2 is 1.84 bits per heavy atom. The molecule has 0 radical (unpaired) electrons. The zero-order valence-electron chi connectivity index (χ0n) is 13.6. The second-order valence-electron chi connectivity index (χ2n) is 6.84. The molecule has 1 aromatic carbocycles. The van der Waals surface area contributed by atoms with Crippen molar-refractivity contribution >= 4 is 0 Å². The zero-order chi connectivity index (χ0) is 14.5. The first-order chi connectivity index (χ1) is 8.84. The van der Waals surface area contributed by atoms with Crippen LogP contribution in [0.3, 0.4) is 0 Å². The summed E-state index contributed by atoms with van der Waals surface area (Å²) in [6.07, 6.45) is 3.59. The topological polar surface area (TPSA) is 12.0 Å². The molecule has 0 aliphatic carbocycles. The minimum absolute atomic E-state index is 0.326. The van der Waals surface area contributed by atoms with Crippen LogP contribution in [-0.2, 0) is 6.42 Å². The molecule has 0 aliphatic rings. The van der Waals surface area contributed by atoms with Crippen molar-refractivity contribution in [2.75, 3.05) is 6.54 Å². The first-order valence-electron chi connectivity index (χ1n) is 7.64. The predicted molar refractivity (Wildman–Crippen MR) is 85.8 cm³/mol. The van der Waals surface area contributed by atoms with E-state index in [4.69, 9.17) is 0 Å². The van der Waals surface area contributed by atoms with Crippen molar-refractivity contribution in [1.29, 1.82) is 0 Å². The Morgan fingerprint density at radius 1 is 1.16 bits per heavy atom. The fourth-order valence-electron chi connectivity index (χ4n) is 2.53. The minimum Gasteiger partial charge on any atom is -0.313 e. The van der Waals surface area contributed by atoms with E-state index < -0.39 is 0 Å². The van der Waals surface area contributed by atoms with Gasteiger partial charge in [0, 0.05) is 6.04 Å². The molecule has 0 aliphatic heterocycles. The monoisotopic (exact) mass is 261 g/mol. The van der Waals surface area contributed by atoms with E-state index in [1.165, 1.54) is 36.0 Å². The standard InChI is InChI=1S/C18H31N/c1-7-12-19-17(18(4,5)6)11-10-16-13-14(2)8-9-15(16)3/h8-9,13,17,19H,7,10-12H2,1-6H3. The number of nitrogens with one attached hydrogen (secondary N) is 1. The van der Waals surface area contributed by atoms with Crippen LogP contribution in [0, 0.1) is 19.3 Å². The van der Waals surface area contributed by atoms with Gasteiger partial charge in [0.2, 0.25) is 0 Å². The largest absolute Gasteiger partial charge is 0.313 e. The van der Waals surface area contributed by atoms with Crippen molar-refractivity contribution < 1.29 is 0 Å². The fourth-order valence-corrected chi connectivity index (χ4v) is 2.53. The molecular weight excluding hydrogens is 230 g/mol. The predicted octanol–water partition coefficient (Wildman–Crippen LogP) is 4.65. The second kappa shape index (κ2) is 7.09. The molecule has 1 N–H and O–H groups in total. The summed E-state index contributed by atoms with van der Waals surface area (Å²) in [7, 11) is 0. The number of hydrogen-bond donors (Lipinski definition) is 1. The molecule has 0 saturated carbocycles. The lowest BCUT2D eigenvalue weighted by Crippen LogP contribution is -2.41. The lowest BCUT2D eigenvalue weighted by Gasteiger charge is -2.32. The first-order valence-corrected chi connectivity index (χ1v) is 7.64. The highest BCUT2D eigenvalue weighted by Crippen LogP contribution is 2.24. The number of hydrogen-bond acceptors (Lipinski definition) is 1. The van der Waals surface area contributed by atoms with Gasteiger partial charge >= 0.3 is 0 Å². The maximum absolute atomic E-state index is 3.71. The molecule has 1 heteroatoms. The third-order valence-corrected chi connectivity index (χ3v) is 3.89. The third kappa shape index (κ3) is 5.36. The van der Waals surface area contributed by atoms with Crippen molar-refractivity contribution in [3.8, 4) is 0 Å². The van der Waals surface area contributed by atoms with Crippen LogP contribution >= 0.6 is 0 Å². The van der Waals surface area contributed by atoms with Crippen LogP contribution in [0.15, 0.2) is 18.2 Å². The van der Waals surface area contributed by atoms with Gasteiger partial charge in [-0.1, -0.05) is 51.5 Å². The summed E-state index contributed by atoms with van der Waals surface area (Å²) in [4.78, 5) is 0. The summed E-state index contributed by atoms with van der Waals surface area (Å²) in [6.45, 7) is 14.8. The van der Waals surface area contributed by atoms with Crippen LogP contribution in [0.5, 0.6) is 0 Å². The molecule has 1 rings (SSSR count). The van der Waals surface area contributed by atoms with Gasteiger partial charge < -0.3 is 5.32 Å². The minimum atomic E-state index is 0.326. The summed E-state index contributed by atoms with van der Waals surface area (Å²) in [5, 5.41) is 3.71. The molecule has 0 amide bonds.